The lowest BCUT2D eigenvalue weighted by Crippen LogP contribution is -2.19. The standard InChI is InChI=1S/C21H19F3N4/c1-27(2)12-13-28-18-15-10-6-7-11-16(15)25-19(21(22,23)24)17(18)26-20(28)14-8-4-3-5-9-14/h3-11H,12-13H2,1-2H3. The van der Waals surface area contributed by atoms with Crippen LogP contribution >= 0.6 is 0 Å². The van der Waals surface area contributed by atoms with Crippen molar-refractivity contribution < 1.29 is 13.2 Å². The fourth-order valence-corrected chi connectivity index (χ4v) is 3.36. The first-order valence-electron chi connectivity index (χ1n) is 8.92. The zero-order valence-electron chi connectivity index (χ0n) is 15.5. The second-order valence-electron chi connectivity index (χ2n) is 6.93. The molecule has 7 heteroatoms. The lowest BCUT2D eigenvalue weighted by atomic mass is 10.1. The van der Waals surface area contributed by atoms with Crippen molar-refractivity contribution >= 4 is 21.9 Å². The minimum absolute atomic E-state index is 0.108. The van der Waals surface area contributed by atoms with Crippen LogP contribution in [0.4, 0.5) is 13.2 Å². The van der Waals surface area contributed by atoms with Crippen molar-refractivity contribution in [2.24, 2.45) is 0 Å². The number of hydrogen-bond acceptors (Lipinski definition) is 3. The summed E-state index contributed by atoms with van der Waals surface area (Å²) < 4.78 is 43.2. The van der Waals surface area contributed by atoms with E-state index >= 15 is 0 Å². The summed E-state index contributed by atoms with van der Waals surface area (Å²) in [6.07, 6.45) is -4.59. The number of para-hydroxylation sites is 1. The molecule has 0 aliphatic carbocycles. The maximum absolute atomic E-state index is 13.8. The van der Waals surface area contributed by atoms with Crippen LogP contribution in [0.3, 0.4) is 0 Å². The van der Waals surface area contributed by atoms with Crippen LogP contribution in [0.5, 0.6) is 0 Å². The molecule has 0 atom stereocenters. The Labute approximate surface area is 160 Å². The Bertz CT molecular complexity index is 1130. The molecule has 2 aromatic carbocycles. The average Bonchev–Trinajstić information content (AvgIpc) is 3.05. The third kappa shape index (κ3) is 3.22. The van der Waals surface area contributed by atoms with E-state index in [4.69, 9.17) is 0 Å². The van der Waals surface area contributed by atoms with E-state index in [2.05, 4.69) is 9.97 Å². The predicted molar refractivity (Wildman–Crippen MR) is 104 cm³/mol. The Morgan fingerprint density at radius 1 is 0.929 bits per heavy atom. The lowest BCUT2D eigenvalue weighted by Gasteiger charge is -2.15. The monoisotopic (exact) mass is 384 g/mol. The van der Waals surface area contributed by atoms with E-state index in [1.54, 1.807) is 18.2 Å². The molecule has 0 spiro atoms. The summed E-state index contributed by atoms with van der Waals surface area (Å²) in [6, 6.07) is 16.2. The maximum atomic E-state index is 13.8. The number of alkyl halides is 3. The van der Waals surface area contributed by atoms with E-state index in [0.717, 1.165) is 5.56 Å². The van der Waals surface area contributed by atoms with Gasteiger partial charge in [-0.3, -0.25) is 0 Å². The van der Waals surface area contributed by atoms with Crippen molar-refractivity contribution in [3.8, 4) is 11.4 Å². The fraction of sp³-hybridized carbons (Fsp3) is 0.238. The van der Waals surface area contributed by atoms with Gasteiger partial charge in [0.15, 0.2) is 5.69 Å². The lowest BCUT2D eigenvalue weighted by molar-refractivity contribution is -0.139. The number of benzene rings is 2. The highest BCUT2D eigenvalue weighted by Gasteiger charge is 2.37. The molecule has 0 amide bonds. The van der Waals surface area contributed by atoms with Gasteiger partial charge in [-0.2, -0.15) is 13.2 Å². The van der Waals surface area contributed by atoms with Crippen LogP contribution in [-0.4, -0.2) is 40.1 Å². The Morgan fingerprint density at radius 3 is 2.29 bits per heavy atom. The normalized spacial score (nSPS) is 12.4. The fourth-order valence-electron chi connectivity index (χ4n) is 3.36. The summed E-state index contributed by atoms with van der Waals surface area (Å²) in [6.45, 7) is 1.18. The largest absolute Gasteiger partial charge is 0.435 e. The number of halogens is 3. The SMILES string of the molecule is CN(C)CCn1c(-c2ccccc2)nc2c(C(F)(F)F)nc3ccccc3c21. The van der Waals surface area contributed by atoms with Crippen LogP contribution in [-0.2, 0) is 12.7 Å². The second-order valence-corrected chi connectivity index (χ2v) is 6.93. The highest BCUT2D eigenvalue weighted by atomic mass is 19.4. The molecule has 0 radical (unpaired) electrons. The van der Waals surface area contributed by atoms with Gasteiger partial charge in [0, 0.05) is 24.0 Å². The van der Waals surface area contributed by atoms with Crippen LogP contribution in [0.2, 0.25) is 0 Å². The summed E-state index contributed by atoms with van der Waals surface area (Å²) in [5.74, 6) is 0.515. The van der Waals surface area contributed by atoms with Gasteiger partial charge in [0.1, 0.15) is 11.3 Å². The zero-order chi connectivity index (χ0) is 19.9. The minimum atomic E-state index is -4.59. The molecule has 4 nitrogen and oxygen atoms in total. The average molecular weight is 384 g/mol. The molecule has 0 bridgehead atoms. The number of aromatic nitrogens is 3. The van der Waals surface area contributed by atoms with Gasteiger partial charge in [-0.05, 0) is 20.2 Å². The van der Waals surface area contributed by atoms with Crippen molar-refractivity contribution in [1.82, 2.24) is 19.4 Å². The topological polar surface area (TPSA) is 34.0 Å². The zero-order valence-corrected chi connectivity index (χ0v) is 15.5. The maximum Gasteiger partial charge on any atom is 0.435 e. The highest BCUT2D eigenvalue weighted by Crippen LogP contribution is 2.38. The highest BCUT2D eigenvalue weighted by molar-refractivity contribution is 6.04. The van der Waals surface area contributed by atoms with Gasteiger partial charge in [-0.15, -0.1) is 0 Å². The number of hydrogen-bond donors (Lipinski definition) is 0. The first kappa shape index (κ1) is 18.4. The van der Waals surface area contributed by atoms with E-state index < -0.39 is 11.9 Å². The Balaban J connectivity index is 2.12. The second kappa shape index (κ2) is 6.91. The Hall–Kier alpha value is -2.93. The van der Waals surface area contributed by atoms with Gasteiger partial charge in [0.25, 0.3) is 0 Å². The summed E-state index contributed by atoms with van der Waals surface area (Å²) in [5, 5.41) is 0.666. The van der Waals surface area contributed by atoms with E-state index in [9.17, 15) is 13.2 Å². The third-order valence-corrected chi connectivity index (χ3v) is 4.65. The molecule has 0 saturated heterocycles. The molecule has 0 unspecified atom stereocenters. The van der Waals surface area contributed by atoms with Crippen LogP contribution in [0.15, 0.2) is 54.6 Å². The van der Waals surface area contributed by atoms with Gasteiger partial charge in [0.05, 0.1) is 11.0 Å². The molecule has 0 aliphatic rings. The third-order valence-electron chi connectivity index (χ3n) is 4.65. The van der Waals surface area contributed by atoms with Crippen molar-refractivity contribution in [2.75, 3.05) is 20.6 Å². The van der Waals surface area contributed by atoms with Crippen LogP contribution in [0, 0.1) is 0 Å². The molecule has 2 heterocycles. The van der Waals surface area contributed by atoms with Gasteiger partial charge in [-0.1, -0.05) is 48.5 Å². The smallest absolute Gasteiger partial charge is 0.322 e. The molecule has 2 aromatic heterocycles. The van der Waals surface area contributed by atoms with E-state index in [1.165, 1.54) is 0 Å². The molecule has 0 N–H and O–H groups in total. The molecule has 0 fully saturated rings. The summed E-state index contributed by atoms with van der Waals surface area (Å²) in [7, 11) is 3.87. The molecule has 4 aromatic rings. The van der Waals surface area contributed by atoms with Crippen LogP contribution < -0.4 is 0 Å². The van der Waals surface area contributed by atoms with Gasteiger partial charge < -0.3 is 9.47 Å². The number of imidazole rings is 1. The molecule has 0 saturated carbocycles. The molecule has 28 heavy (non-hydrogen) atoms. The van der Waals surface area contributed by atoms with Crippen LogP contribution in [0.1, 0.15) is 5.69 Å². The number of fused-ring (bicyclic) bond motifs is 3. The van der Waals surface area contributed by atoms with Crippen molar-refractivity contribution in [2.45, 2.75) is 12.7 Å². The molecule has 4 rings (SSSR count). The van der Waals surface area contributed by atoms with E-state index in [0.29, 0.717) is 35.3 Å². The first-order chi connectivity index (χ1) is 13.4. The van der Waals surface area contributed by atoms with Gasteiger partial charge >= 0.3 is 6.18 Å². The summed E-state index contributed by atoms with van der Waals surface area (Å²) >= 11 is 0. The number of pyridine rings is 1. The van der Waals surface area contributed by atoms with E-state index in [-0.39, 0.29) is 5.52 Å². The van der Waals surface area contributed by atoms with Crippen molar-refractivity contribution in [3.63, 3.8) is 0 Å². The molecular formula is C21H19F3N4. The molecular weight excluding hydrogens is 365 g/mol. The van der Waals surface area contributed by atoms with Crippen molar-refractivity contribution in [1.29, 1.82) is 0 Å². The molecule has 144 valence electrons. The van der Waals surface area contributed by atoms with Gasteiger partial charge in [-0.25, -0.2) is 9.97 Å². The van der Waals surface area contributed by atoms with E-state index in [1.807, 2.05) is 60.0 Å². The predicted octanol–water partition coefficient (Wildman–Crippen LogP) is 4.83. The number of likely N-dealkylation sites (N-methyl/N-ethyl adjacent to an activating group) is 1. The van der Waals surface area contributed by atoms with Crippen LogP contribution in [0.25, 0.3) is 33.3 Å². The quantitative estimate of drug-likeness (QED) is 0.505. The minimum Gasteiger partial charge on any atom is -0.322 e. The van der Waals surface area contributed by atoms with Gasteiger partial charge in [0.2, 0.25) is 0 Å². The molecule has 0 aliphatic heterocycles. The summed E-state index contributed by atoms with van der Waals surface area (Å²) in [5.41, 5.74) is 0.507. The first-order valence-corrected chi connectivity index (χ1v) is 8.92. The summed E-state index contributed by atoms with van der Waals surface area (Å²) in [4.78, 5) is 10.3. The number of rotatable bonds is 4. The van der Waals surface area contributed by atoms with Crippen molar-refractivity contribution in [3.05, 3.63) is 60.3 Å². The number of nitrogens with zero attached hydrogens (tertiary/aromatic N) is 4. The Morgan fingerprint density at radius 2 is 1.61 bits per heavy atom. The Kier molecular flexibility index (Phi) is 4.55.